The normalized spacial score (nSPS) is 10.9. The van der Waals surface area contributed by atoms with Gasteiger partial charge in [0.15, 0.2) is 6.61 Å². The largest absolute Gasteiger partial charge is 0.467 e. The van der Waals surface area contributed by atoms with Gasteiger partial charge in [-0.2, -0.15) is 0 Å². The Balaban J connectivity index is 1.68. The van der Waals surface area contributed by atoms with E-state index in [0.29, 0.717) is 11.8 Å². The highest BCUT2D eigenvalue weighted by Gasteiger charge is 2.11. The highest BCUT2D eigenvalue weighted by molar-refractivity contribution is 7.16. The molecule has 2 heterocycles. The second kappa shape index (κ2) is 6.75. The van der Waals surface area contributed by atoms with E-state index in [9.17, 15) is 4.79 Å². The molecule has 0 bridgehead atoms. The van der Waals surface area contributed by atoms with Crippen LogP contribution in [0.15, 0.2) is 42.0 Å². The van der Waals surface area contributed by atoms with Crippen molar-refractivity contribution in [3.05, 3.63) is 47.6 Å². The zero-order valence-electron chi connectivity index (χ0n) is 12.9. The van der Waals surface area contributed by atoms with Gasteiger partial charge in [-0.15, -0.1) is 11.3 Å². The van der Waals surface area contributed by atoms with Crippen molar-refractivity contribution in [1.29, 1.82) is 0 Å². The van der Waals surface area contributed by atoms with Crippen LogP contribution in [0.1, 0.15) is 25.3 Å². The molecule has 0 radical (unpaired) electrons. The minimum absolute atomic E-state index is 0.0889. The molecular weight excluding hydrogens is 310 g/mol. The van der Waals surface area contributed by atoms with E-state index in [1.165, 1.54) is 17.7 Å². The van der Waals surface area contributed by atoms with Crippen LogP contribution < -0.4 is 10.1 Å². The van der Waals surface area contributed by atoms with E-state index in [0.717, 1.165) is 21.5 Å². The summed E-state index contributed by atoms with van der Waals surface area (Å²) in [7, 11) is 0. The Morgan fingerprint density at radius 3 is 2.91 bits per heavy atom. The second-order valence-corrected chi connectivity index (χ2v) is 6.29. The van der Waals surface area contributed by atoms with E-state index in [4.69, 9.17) is 4.74 Å². The van der Waals surface area contributed by atoms with Gasteiger partial charge < -0.3 is 10.1 Å². The lowest BCUT2D eigenvalue weighted by molar-refractivity contribution is -0.118. The first kappa shape index (κ1) is 15.4. The number of ether oxygens (including phenoxy) is 1. The Hall–Kier alpha value is -2.47. The summed E-state index contributed by atoms with van der Waals surface area (Å²) in [6.45, 7) is 4.10. The smallest absolute Gasteiger partial charge is 0.262 e. The van der Waals surface area contributed by atoms with Gasteiger partial charge >= 0.3 is 0 Å². The first-order valence-electron chi connectivity index (χ1n) is 7.35. The van der Waals surface area contributed by atoms with E-state index in [-0.39, 0.29) is 12.5 Å². The first-order chi connectivity index (χ1) is 11.1. The fourth-order valence-electron chi connectivity index (χ4n) is 2.32. The maximum Gasteiger partial charge on any atom is 0.262 e. The Morgan fingerprint density at radius 2 is 2.09 bits per heavy atom. The summed E-state index contributed by atoms with van der Waals surface area (Å²) in [5, 5.41) is 5.65. The molecule has 1 aromatic carbocycles. The van der Waals surface area contributed by atoms with Crippen molar-refractivity contribution in [2.75, 3.05) is 11.9 Å². The fraction of sp³-hybridized carbons (Fsp3) is 0.235. The number of carbonyl (C=O) groups excluding carboxylic acids is 1. The third-order valence-electron chi connectivity index (χ3n) is 3.42. The Morgan fingerprint density at radius 1 is 1.26 bits per heavy atom. The number of aromatic nitrogens is 2. The van der Waals surface area contributed by atoms with Crippen molar-refractivity contribution in [2.45, 2.75) is 19.8 Å². The van der Waals surface area contributed by atoms with Crippen LogP contribution in [0.5, 0.6) is 5.88 Å². The van der Waals surface area contributed by atoms with Crippen molar-refractivity contribution < 1.29 is 9.53 Å². The molecule has 3 rings (SSSR count). The molecule has 0 fully saturated rings. The van der Waals surface area contributed by atoms with E-state index in [2.05, 4.69) is 29.1 Å². The molecule has 1 amide bonds. The monoisotopic (exact) mass is 327 g/mol. The number of amides is 1. The molecule has 3 aromatic rings. The summed E-state index contributed by atoms with van der Waals surface area (Å²) >= 11 is 1.51. The second-order valence-electron chi connectivity index (χ2n) is 5.40. The molecule has 0 atom stereocenters. The van der Waals surface area contributed by atoms with Crippen molar-refractivity contribution >= 4 is 33.1 Å². The molecule has 0 saturated carbocycles. The van der Waals surface area contributed by atoms with Gasteiger partial charge in [-0.05, 0) is 29.0 Å². The lowest BCUT2D eigenvalue weighted by Crippen LogP contribution is -2.21. The standard InChI is InChI=1S/C17H17N3O2S/c1-11(2)12-5-3-4-6-14(12)20-15(21)9-22-16-13-7-8-23-17(13)19-10-18-16/h3-8,10-11H,9H2,1-2H3,(H,20,21). The molecule has 118 valence electrons. The van der Waals surface area contributed by atoms with Crippen LogP contribution in [0, 0.1) is 0 Å². The number of rotatable bonds is 5. The SMILES string of the molecule is CC(C)c1ccccc1NC(=O)COc1ncnc2sccc12. The summed E-state index contributed by atoms with van der Waals surface area (Å²) in [5.74, 6) is 0.559. The molecule has 0 aliphatic heterocycles. The van der Waals surface area contributed by atoms with Crippen LogP contribution in [0.4, 0.5) is 5.69 Å². The predicted molar refractivity (Wildman–Crippen MR) is 92.1 cm³/mol. The van der Waals surface area contributed by atoms with Gasteiger partial charge in [0.25, 0.3) is 5.91 Å². The molecular formula is C17H17N3O2S. The molecule has 1 N–H and O–H groups in total. The minimum atomic E-state index is -0.208. The lowest BCUT2D eigenvalue weighted by Gasteiger charge is -2.13. The minimum Gasteiger partial charge on any atom is -0.467 e. The quantitative estimate of drug-likeness (QED) is 0.773. The molecule has 0 aliphatic rings. The Bertz CT molecular complexity index is 829. The van der Waals surface area contributed by atoms with E-state index < -0.39 is 0 Å². The topological polar surface area (TPSA) is 64.1 Å². The highest BCUT2D eigenvalue weighted by Crippen LogP contribution is 2.26. The van der Waals surface area contributed by atoms with Crippen LogP contribution in [0.3, 0.4) is 0 Å². The van der Waals surface area contributed by atoms with Crippen LogP contribution >= 0.6 is 11.3 Å². The van der Waals surface area contributed by atoms with Crippen LogP contribution in [0.2, 0.25) is 0 Å². The lowest BCUT2D eigenvalue weighted by atomic mass is 10.0. The van der Waals surface area contributed by atoms with Crippen LogP contribution in [0.25, 0.3) is 10.2 Å². The number of nitrogens with zero attached hydrogens (tertiary/aromatic N) is 2. The van der Waals surface area contributed by atoms with Crippen LogP contribution in [-0.2, 0) is 4.79 Å². The van der Waals surface area contributed by atoms with Gasteiger partial charge in [-0.25, -0.2) is 9.97 Å². The third-order valence-corrected chi connectivity index (χ3v) is 4.24. The Labute approximate surface area is 138 Å². The van der Waals surface area contributed by atoms with E-state index >= 15 is 0 Å². The number of fused-ring (bicyclic) bond motifs is 1. The van der Waals surface area contributed by atoms with Crippen molar-refractivity contribution in [1.82, 2.24) is 9.97 Å². The van der Waals surface area contributed by atoms with Crippen molar-refractivity contribution in [3.8, 4) is 5.88 Å². The van der Waals surface area contributed by atoms with Gasteiger partial charge in [0, 0.05) is 5.69 Å². The Kier molecular flexibility index (Phi) is 4.52. The fourth-order valence-corrected chi connectivity index (χ4v) is 3.04. The summed E-state index contributed by atoms with van der Waals surface area (Å²) in [5.41, 5.74) is 1.92. The molecule has 0 spiro atoms. The zero-order chi connectivity index (χ0) is 16.2. The highest BCUT2D eigenvalue weighted by atomic mass is 32.1. The summed E-state index contributed by atoms with van der Waals surface area (Å²) in [6, 6.07) is 9.67. The third kappa shape index (κ3) is 3.48. The molecule has 0 unspecified atom stereocenters. The summed E-state index contributed by atoms with van der Waals surface area (Å²) in [6.07, 6.45) is 1.44. The number of carbonyl (C=O) groups is 1. The number of hydrogen-bond acceptors (Lipinski definition) is 5. The van der Waals surface area contributed by atoms with Gasteiger partial charge in [-0.1, -0.05) is 32.0 Å². The number of para-hydroxylation sites is 1. The average Bonchev–Trinajstić information content (AvgIpc) is 3.02. The number of nitrogens with one attached hydrogen (secondary N) is 1. The summed E-state index contributed by atoms with van der Waals surface area (Å²) in [4.78, 5) is 21.3. The molecule has 23 heavy (non-hydrogen) atoms. The van der Waals surface area contributed by atoms with E-state index in [1.54, 1.807) is 0 Å². The molecule has 0 aliphatic carbocycles. The van der Waals surface area contributed by atoms with Crippen LogP contribution in [-0.4, -0.2) is 22.5 Å². The number of anilines is 1. The molecule has 5 nitrogen and oxygen atoms in total. The van der Waals surface area contributed by atoms with E-state index in [1.807, 2.05) is 35.7 Å². The zero-order valence-corrected chi connectivity index (χ0v) is 13.8. The predicted octanol–water partition coefficient (Wildman–Crippen LogP) is 3.83. The number of thiophene rings is 1. The average molecular weight is 327 g/mol. The van der Waals surface area contributed by atoms with Crippen molar-refractivity contribution in [3.63, 3.8) is 0 Å². The van der Waals surface area contributed by atoms with Gasteiger partial charge in [-0.3, -0.25) is 4.79 Å². The van der Waals surface area contributed by atoms with Gasteiger partial charge in [0.2, 0.25) is 5.88 Å². The first-order valence-corrected chi connectivity index (χ1v) is 8.23. The number of hydrogen-bond donors (Lipinski definition) is 1. The van der Waals surface area contributed by atoms with Gasteiger partial charge in [0.1, 0.15) is 11.2 Å². The van der Waals surface area contributed by atoms with Gasteiger partial charge in [0.05, 0.1) is 5.39 Å². The summed E-state index contributed by atoms with van der Waals surface area (Å²) < 4.78 is 5.56. The maximum absolute atomic E-state index is 12.2. The number of benzene rings is 1. The molecule has 2 aromatic heterocycles. The molecule has 6 heteroatoms. The molecule has 0 saturated heterocycles. The maximum atomic E-state index is 12.2. The van der Waals surface area contributed by atoms with Crippen molar-refractivity contribution in [2.24, 2.45) is 0 Å².